The van der Waals surface area contributed by atoms with Gasteiger partial charge in [-0.3, -0.25) is 19.4 Å². The Morgan fingerprint density at radius 2 is 1.96 bits per heavy atom. The second kappa shape index (κ2) is 8.78. The summed E-state index contributed by atoms with van der Waals surface area (Å²) < 4.78 is 15.1. The molecule has 2 aromatic rings. The molecule has 5 nitrogen and oxygen atoms in total. The smallest absolute Gasteiger partial charge is 0.270 e. The lowest BCUT2D eigenvalue weighted by Gasteiger charge is -2.18. The van der Waals surface area contributed by atoms with Crippen LogP contribution in [0.1, 0.15) is 68.4 Å². The molecule has 0 saturated heterocycles. The standard InChI is InChI=1S/C20H26FN3O2S/c1-3-4-5-6-7-13(2)24-19-17(20(26)23-24)18(27-12-16(25)22-19)14-8-10-15(21)11-9-14/h8-11,13,18H,3-7,12H2,1-2H3,(H,22,25)(H,23,26). The Kier molecular flexibility index (Phi) is 6.42. The van der Waals surface area contributed by atoms with Gasteiger partial charge in [0, 0.05) is 6.04 Å². The first kappa shape index (κ1) is 19.7. The number of carbonyl (C=O) groups excluding carboxylic acids is 1. The van der Waals surface area contributed by atoms with Gasteiger partial charge in [0.05, 0.1) is 16.6 Å². The minimum Gasteiger partial charge on any atom is -0.310 e. The highest BCUT2D eigenvalue weighted by atomic mass is 32.2. The number of amides is 1. The number of aromatic nitrogens is 2. The molecular formula is C20H26FN3O2S. The van der Waals surface area contributed by atoms with Crippen molar-refractivity contribution in [1.82, 2.24) is 9.78 Å². The van der Waals surface area contributed by atoms with Crippen LogP contribution in [0.15, 0.2) is 29.1 Å². The number of rotatable bonds is 7. The summed E-state index contributed by atoms with van der Waals surface area (Å²) in [6.45, 7) is 4.23. The number of nitrogens with zero attached hydrogens (tertiary/aromatic N) is 1. The lowest BCUT2D eigenvalue weighted by Crippen LogP contribution is -2.18. The van der Waals surface area contributed by atoms with Gasteiger partial charge in [-0.05, 0) is 31.0 Å². The van der Waals surface area contributed by atoms with Crippen LogP contribution in [0.4, 0.5) is 10.2 Å². The molecule has 0 fully saturated rings. The van der Waals surface area contributed by atoms with Crippen molar-refractivity contribution >= 4 is 23.5 Å². The van der Waals surface area contributed by atoms with Crippen LogP contribution < -0.4 is 10.9 Å². The van der Waals surface area contributed by atoms with Gasteiger partial charge in [-0.25, -0.2) is 4.39 Å². The van der Waals surface area contributed by atoms with Crippen LogP contribution in [0.3, 0.4) is 0 Å². The van der Waals surface area contributed by atoms with E-state index in [0.717, 1.165) is 24.8 Å². The van der Waals surface area contributed by atoms with E-state index in [-0.39, 0.29) is 34.3 Å². The third-order valence-corrected chi connectivity index (χ3v) is 6.22. The zero-order valence-electron chi connectivity index (χ0n) is 15.8. The highest BCUT2D eigenvalue weighted by molar-refractivity contribution is 8.00. The highest BCUT2D eigenvalue weighted by Crippen LogP contribution is 2.40. The maximum Gasteiger partial charge on any atom is 0.270 e. The van der Waals surface area contributed by atoms with Crippen molar-refractivity contribution in [1.29, 1.82) is 0 Å². The van der Waals surface area contributed by atoms with Crippen molar-refractivity contribution in [3.8, 4) is 0 Å². The van der Waals surface area contributed by atoms with Crippen LogP contribution in [-0.4, -0.2) is 21.4 Å². The minimum absolute atomic E-state index is 0.0792. The molecule has 1 amide bonds. The molecule has 1 aromatic carbocycles. The molecule has 2 atom stereocenters. The van der Waals surface area contributed by atoms with Crippen LogP contribution in [0, 0.1) is 5.82 Å². The van der Waals surface area contributed by atoms with E-state index in [2.05, 4.69) is 24.3 Å². The monoisotopic (exact) mass is 391 g/mol. The number of hydrogen-bond donors (Lipinski definition) is 2. The highest BCUT2D eigenvalue weighted by Gasteiger charge is 2.31. The van der Waals surface area contributed by atoms with Crippen molar-refractivity contribution in [3.63, 3.8) is 0 Å². The predicted molar refractivity (Wildman–Crippen MR) is 108 cm³/mol. The lowest BCUT2D eigenvalue weighted by molar-refractivity contribution is -0.113. The van der Waals surface area contributed by atoms with Gasteiger partial charge in [-0.2, -0.15) is 0 Å². The van der Waals surface area contributed by atoms with E-state index in [1.165, 1.54) is 36.7 Å². The topological polar surface area (TPSA) is 66.9 Å². The van der Waals surface area contributed by atoms with E-state index in [1.54, 1.807) is 16.8 Å². The number of anilines is 1. The van der Waals surface area contributed by atoms with Crippen LogP contribution in [0.25, 0.3) is 0 Å². The fourth-order valence-corrected chi connectivity index (χ4v) is 4.60. The predicted octanol–water partition coefficient (Wildman–Crippen LogP) is 4.62. The number of carbonyl (C=O) groups is 1. The summed E-state index contributed by atoms with van der Waals surface area (Å²) >= 11 is 1.39. The summed E-state index contributed by atoms with van der Waals surface area (Å²) in [5.74, 6) is 0.351. The molecule has 0 saturated carbocycles. The first-order chi connectivity index (χ1) is 13.0. The first-order valence-corrected chi connectivity index (χ1v) is 10.6. The Morgan fingerprint density at radius 1 is 1.22 bits per heavy atom. The van der Waals surface area contributed by atoms with Gasteiger partial charge < -0.3 is 5.32 Å². The van der Waals surface area contributed by atoms with E-state index in [1.807, 2.05) is 0 Å². The third-order valence-electron chi connectivity index (χ3n) is 4.95. The van der Waals surface area contributed by atoms with Gasteiger partial charge >= 0.3 is 0 Å². The van der Waals surface area contributed by atoms with E-state index in [0.29, 0.717) is 11.4 Å². The molecule has 27 heavy (non-hydrogen) atoms. The molecule has 1 aliphatic heterocycles. The van der Waals surface area contributed by atoms with Gasteiger partial charge in [-0.15, -0.1) is 11.8 Å². The van der Waals surface area contributed by atoms with Crippen LogP contribution in [0.2, 0.25) is 0 Å². The summed E-state index contributed by atoms with van der Waals surface area (Å²) in [4.78, 5) is 25.0. The Labute approximate surface area is 162 Å². The van der Waals surface area contributed by atoms with Crippen molar-refractivity contribution < 1.29 is 9.18 Å². The second-order valence-electron chi connectivity index (χ2n) is 7.06. The van der Waals surface area contributed by atoms with Crippen LogP contribution in [0.5, 0.6) is 0 Å². The quantitative estimate of drug-likeness (QED) is 0.677. The first-order valence-electron chi connectivity index (χ1n) is 9.52. The van der Waals surface area contributed by atoms with E-state index < -0.39 is 0 Å². The zero-order chi connectivity index (χ0) is 19.4. The fourth-order valence-electron chi connectivity index (χ4n) is 3.47. The SMILES string of the molecule is CCCCCCC(C)n1[nH]c(=O)c2c1NC(=O)CSC2c1ccc(F)cc1. The van der Waals surface area contributed by atoms with Gasteiger partial charge in [-0.1, -0.05) is 44.7 Å². The average molecular weight is 392 g/mol. The minimum atomic E-state index is -0.320. The molecule has 1 aliphatic rings. The van der Waals surface area contributed by atoms with Crippen molar-refractivity contribution in [2.75, 3.05) is 11.1 Å². The molecule has 2 unspecified atom stereocenters. The molecule has 2 N–H and O–H groups in total. The molecular weight excluding hydrogens is 365 g/mol. The normalized spacial score (nSPS) is 17.9. The van der Waals surface area contributed by atoms with Gasteiger partial charge in [0.15, 0.2) is 0 Å². The number of hydrogen-bond acceptors (Lipinski definition) is 3. The van der Waals surface area contributed by atoms with E-state index in [9.17, 15) is 14.0 Å². The number of nitrogens with one attached hydrogen (secondary N) is 2. The lowest BCUT2D eigenvalue weighted by atomic mass is 10.1. The van der Waals surface area contributed by atoms with Gasteiger partial charge in [0.1, 0.15) is 11.6 Å². The average Bonchev–Trinajstić information content (AvgIpc) is 2.85. The molecule has 3 rings (SSSR count). The molecule has 146 valence electrons. The largest absolute Gasteiger partial charge is 0.310 e. The summed E-state index contributed by atoms with van der Waals surface area (Å²) in [6, 6.07) is 6.21. The van der Waals surface area contributed by atoms with E-state index >= 15 is 0 Å². The second-order valence-corrected chi connectivity index (χ2v) is 8.16. The van der Waals surface area contributed by atoms with Crippen molar-refractivity contribution in [3.05, 3.63) is 51.6 Å². The fraction of sp³-hybridized carbons (Fsp3) is 0.500. The number of H-pyrrole nitrogens is 1. The number of benzene rings is 1. The molecule has 2 heterocycles. The Balaban J connectivity index is 1.94. The number of aromatic amines is 1. The molecule has 7 heteroatoms. The van der Waals surface area contributed by atoms with E-state index in [4.69, 9.17) is 0 Å². The summed E-state index contributed by atoms with van der Waals surface area (Å²) in [5.41, 5.74) is 1.16. The maximum absolute atomic E-state index is 13.3. The zero-order valence-corrected chi connectivity index (χ0v) is 16.6. The maximum atomic E-state index is 13.3. The number of halogens is 1. The summed E-state index contributed by atoms with van der Waals surface area (Å²) in [5, 5.41) is 5.51. The molecule has 1 aromatic heterocycles. The van der Waals surface area contributed by atoms with Crippen LogP contribution in [-0.2, 0) is 4.79 Å². The van der Waals surface area contributed by atoms with Gasteiger partial charge in [0.25, 0.3) is 5.56 Å². The number of thioether (sulfide) groups is 1. The molecule has 0 spiro atoms. The molecule has 0 radical (unpaired) electrons. The van der Waals surface area contributed by atoms with Crippen molar-refractivity contribution in [2.24, 2.45) is 0 Å². The van der Waals surface area contributed by atoms with Crippen molar-refractivity contribution in [2.45, 2.75) is 57.2 Å². The van der Waals surface area contributed by atoms with Gasteiger partial charge in [0.2, 0.25) is 5.91 Å². The molecule has 0 bridgehead atoms. The Hall–Kier alpha value is -2.02. The third kappa shape index (κ3) is 4.46. The number of fused-ring (bicyclic) bond motifs is 1. The molecule has 0 aliphatic carbocycles. The number of unbranched alkanes of at least 4 members (excludes halogenated alkanes) is 3. The summed E-state index contributed by atoms with van der Waals surface area (Å²) in [7, 11) is 0. The Bertz CT molecular complexity index is 844. The summed E-state index contributed by atoms with van der Waals surface area (Å²) in [6.07, 6.45) is 5.55. The van der Waals surface area contributed by atoms with Crippen LogP contribution >= 0.6 is 11.8 Å². The Morgan fingerprint density at radius 3 is 2.67 bits per heavy atom.